The van der Waals surface area contributed by atoms with Crippen LogP contribution in [0.15, 0.2) is 52.4 Å². The lowest BCUT2D eigenvalue weighted by Crippen LogP contribution is -2.10. The monoisotopic (exact) mass is 383 g/mol. The van der Waals surface area contributed by atoms with Gasteiger partial charge in [-0.3, -0.25) is 0 Å². The summed E-state index contributed by atoms with van der Waals surface area (Å²) in [5.74, 6) is 1.46. The van der Waals surface area contributed by atoms with E-state index in [1.54, 1.807) is 30.7 Å². The summed E-state index contributed by atoms with van der Waals surface area (Å²) < 4.78 is 12.6. The van der Waals surface area contributed by atoms with Gasteiger partial charge in [0.15, 0.2) is 0 Å². The molecule has 3 aromatic rings. The Morgan fingerprint density at radius 2 is 1.67 bits per heavy atom. The second-order valence-corrected chi connectivity index (χ2v) is 8.37. The molecule has 0 N–H and O–H groups in total. The lowest BCUT2D eigenvalue weighted by molar-refractivity contribution is 0.400. The number of rotatable bonds is 5. The maximum absolute atomic E-state index is 5.48. The fourth-order valence-electron chi connectivity index (χ4n) is 2.74. The minimum absolute atomic E-state index is 0.144. The highest BCUT2D eigenvalue weighted by Crippen LogP contribution is 2.33. The highest BCUT2D eigenvalue weighted by molar-refractivity contribution is 7.99. The Labute approximate surface area is 164 Å². The topological polar surface area (TPSA) is 49.2 Å². The summed E-state index contributed by atoms with van der Waals surface area (Å²) in [7, 11) is 3.28. The molecule has 1 heterocycles. The van der Waals surface area contributed by atoms with E-state index in [4.69, 9.17) is 9.47 Å². The van der Waals surface area contributed by atoms with E-state index in [9.17, 15) is 0 Å². The molecule has 0 radical (unpaired) electrons. The van der Waals surface area contributed by atoms with E-state index in [1.807, 2.05) is 25.1 Å². The Hall–Kier alpha value is -2.47. The van der Waals surface area contributed by atoms with Gasteiger partial charge >= 0.3 is 0 Å². The van der Waals surface area contributed by atoms with Crippen LogP contribution in [0.5, 0.6) is 11.5 Å². The van der Waals surface area contributed by atoms with Gasteiger partial charge in [0.05, 0.1) is 19.9 Å². The molecule has 5 nitrogen and oxygen atoms in total. The molecule has 0 fully saturated rings. The molecule has 0 atom stereocenters. The molecule has 0 aliphatic carbocycles. The second-order valence-electron chi connectivity index (χ2n) is 7.31. The van der Waals surface area contributed by atoms with E-state index < -0.39 is 0 Å². The maximum Gasteiger partial charge on any atom is 0.147 e. The second kappa shape index (κ2) is 7.64. The minimum atomic E-state index is 0.144. The largest absolute Gasteiger partial charge is 0.497 e. The fraction of sp³-hybridized carbons (Fsp3) is 0.333. The lowest BCUT2D eigenvalue weighted by atomic mass is 9.87. The van der Waals surface area contributed by atoms with Crippen LogP contribution in [0.3, 0.4) is 0 Å². The van der Waals surface area contributed by atoms with Gasteiger partial charge in [-0.2, -0.15) is 0 Å². The van der Waals surface area contributed by atoms with E-state index in [1.165, 1.54) is 5.56 Å². The number of ether oxygens (including phenoxy) is 2. The van der Waals surface area contributed by atoms with E-state index in [0.717, 1.165) is 32.8 Å². The molecule has 0 unspecified atom stereocenters. The van der Waals surface area contributed by atoms with Crippen LogP contribution in [-0.2, 0) is 5.41 Å². The molecular formula is C21H25N3O2S. The predicted octanol–water partition coefficient (Wildman–Crippen LogP) is 5.04. The zero-order valence-electron chi connectivity index (χ0n) is 16.6. The molecule has 0 spiro atoms. The Balaban J connectivity index is 1.90. The number of hydrogen-bond acceptors (Lipinski definition) is 5. The SMILES string of the molecule is COc1ccc(OC)c(-n2nnc(Sc3ccc(C(C)(C)C)cc3)c2C)c1. The first-order valence-corrected chi connectivity index (χ1v) is 9.58. The van der Waals surface area contributed by atoms with Crippen molar-refractivity contribution >= 4 is 11.8 Å². The van der Waals surface area contributed by atoms with Crippen LogP contribution in [0, 0.1) is 6.92 Å². The smallest absolute Gasteiger partial charge is 0.147 e. The van der Waals surface area contributed by atoms with Crippen LogP contribution in [0.25, 0.3) is 5.69 Å². The van der Waals surface area contributed by atoms with Gasteiger partial charge in [-0.15, -0.1) is 5.10 Å². The summed E-state index contributed by atoms with van der Waals surface area (Å²) in [6.45, 7) is 8.65. The van der Waals surface area contributed by atoms with E-state index >= 15 is 0 Å². The highest BCUT2D eigenvalue weighted by Gasteiger charge is 2.17. The van der Waals surface area contributed by atoms with Crippen molar-refractivity contribution in [1.82, 2.24) is 15.0 Å². The molecule has 0 saturated carbocycles. The van der Waals surface area contributed by atoms with Gasteiger partial charge in [0.2, 0.25) is 0 Å². The summed E-state index contributed by atoms with van der Waals surface area (Å²) >= 11 is 1.61. The average Bonchev–Trinajstić information content (AvgIpc) is 3.01. The van der Waals surface area contributed by atoms with Gasteiger partial charge in [-0.05, 0) is 42.2 Å². The van der Waals surface area contributed by atoms with Gasteiger partial charge in [0.1, 0.15) is 22.2 Å². The third-order valence-electron chi connectivity index (χ3n) is 4.40. The molecule has 0 aliphatic rings. The van der Waals surface area contributed by atoms with E-state index in [0.29, 0.717) is 0 Å². The van der Waals surface area contributed by atoms with E-state index in [-0.39, 0.29) is 5.41 Å². The molecule has 2 aromatic carbocycles. The summed E-state index contributed by atoms with van der Waals surface area (Å²) in [6.07, 6.45) is 0. The molecule has 0 bridgehead atoms. The van der Waals surface area contributed by atoms with Crippen molar-refractivity contribution < 1.29 is 9.47 Å². The van der Waals surface area contributed by atoms with Crippen molar-refractivity contribution in [3.8, 4) is 17.2 Å². The van der Waals surface area contributed by atoms with Crippen molar-refractivity contribution in [3.63, 3.8) is 0 Å². The molecule has 6 heteroatoms. The number of hydrogen-bond donors (Lipinski definition) is 0. The fourth-order valence-corrected chi connectivity index (χ4v) is 3.54. The molecule has 142 valence electrons. The zero-order chi connectivity index (χ0) is 19.6. The molecular weight excluding hydrogens is 358 g/mol. The first-order chi connectivity index (χ1) is 12.8. The molecule has 0 aliphatic heterocycles. The highest BCUT2D eigenvalue weighted by atomic mass is 32.2. The molecule has 3 rings (SSSR count). The summed E-state index contributed by atoms with van der Waals surface area (Å²) in [6, 6.07) is 14.2. The Morgan fingerprint density at radius 1 is 0.963 bits per heavy atom. The van der Waals surface area contributed by atoms with Crippen LogP contribution < -0.4 is 9.47 Å². The average molecular weight is 384 g/mol. The predicted molar refractivity (Wildman–Crippen MR) is 108 cm³/mol. The number of nitrogens with zero attached hydrogens (tertiary/aromatic N) is 3. The maximum atomic E-state index is 5.48. The third kappa shape index (κ3) is 4.11. The molecule has 27 heavy (non-hydrogen) atoms. The first-order valence-electron chi connectivity index (χ1n) is 8.76. The third-order valence-corrected chi connectivity index (χ3v) is 5.48. The summed E-state index contributed by atoms with van der Waals surface area (Å²) in [5, 5.41) is 9.57. The molecule has 0 amide bonds. The van der Waals surface area contributed by atoms with Crippen LogP contribution in [0.4, 0.5) is 0 Å². The quantitative estimate of drug-likeness (QED) is 0.618. The van der Waals surface area contributed by atoms with Gasteiger partial charge in [-0.25, -0.2) is 4.68 Å². The van der Waals surface area contributed by atoms with Crippen LogP contribution >= 0.6 is 11.8 Å². The molecule has 1 aromatic heterocycles. The Morgan fingerprint density at radius 3 is 2.26 bits per heavy atom. The Bertz CT molecular complexity index is 928. The molecule has 0 saturated heterocycles. The van der Waals surface area contributed by atoms with Crippen molar-refractivity contribution in [2.45, 2.75) is 43.0 Å². The van der Waals surface area contributed by atoms with Gasteiger partial charge in [-0.1, -0.05) is 49.9 Å². The Kier molecular flexibility index (Phi) is 5.46. The van der Waals surface area contributed by atoms with Gasteiger partial charge in [0.25, 0.3) is 0 Å². The number of benzene rings is 2. The van der Waals surface area contributed by atoms with Crippen LogP contribution in [0.1, 0.15) is 32.0 Å². The minimum Gasteiger partial charge on any atom is -0.497 e. The summed E-state index contributed by atoms with van der Waals surface area (Å²) in [4.78, 5) is 1.13. The number of methoxy groups -OCH3 is 2. The summed E-state index contributed by atoms with van der Waals surface area (Å²) in [5.41, 5.74) is 3.21. The zero-order valence-corrected chi connectivity index (χ0v) is 17.4. The van der Waals surface area contributed by atoms with Crippen LogP contribution in [-0.4, -0.2) is 29.2 Å². The van der Waals surface area contributed by atoms with Crippen molar-refractivity contribution in [3.05, 3.63) is 53.7 Å². The standard InChI is InChI=1S/C21H25N3O2S/c1-14-20(27-17-10-7-15(8-11-17)21(2,3)4)22-23-24(14)18-13-16(25-5)9-12-19(18)26-6/h7-13H,1-6H3. The lowest BCUT2D eigenvalue weighted by Gasteiger charge is -2.18. The normalized spacial score (nSPS) is 11.5. The van der Waals surface area contributed by atoms with Crippen molar-refractivity contribution in [1.29, 1.82) is 0 Å². The van der Waals surface area contributed by atoms with Crippen molar-refractivity contribution in [2.24, 2.45) is 0 Å². The van der Waals surface area contributed by atoms with Gasteiger partial charge in [0, 0.05) is 11.0 Å². The van der Waals surface area contributed by atoms with Crippen LogP contribution in [0.2, 0.25) is 0 Å². The van der Waals surface area contributed by atoms with Gasteiger partial charge < -0.3 is 9.47 Å². The van der Waals surface area contributed by atoms with Crippen molar-refractivity contribution in [2.75, 3.05) is 14.2 Å². The van der Waals surface area contributed by atoms with E-state index in [2.05, 4.69) is 55.3 Å². The number of aromatic nitrogens is 3. The first kappa shape index (κ1) is 19.3.